The normalized spacial score (nSPS) is 18.9. The molecule has 1 unspecified atom stereocenters. The van der Waals surface area contributed by atoms with Crippen LogP contribution in [0.5, 0.6) is 0 Å². The van der Waals surface area contributed by atoms with Gasteiger partial charge in [-0.05, 0) is 18.2 Å². The number of rotatable bonds is 5. The molecule has 0 bridgehead atoms. The minimum absolute atomic E-state index is 0.196. The Kier molecular flexibility index (Phi) is 5.21. The monoisotopic (exact) mass is 494 g/mol. The van der Waals surface area contributed by atoms with E-state index in [4.69, 9.17) is 9.26 Å². The average molecular weight is 494 g/mol. The molecule has 0 aromatic carbocycles. The van der Waals surface area contributed by atoms with E-state index in [1.807, 2.05) is 4.68 Å². The van der Waals surface area contributed by atoms with Gasteiger partial charge in [-0.3, -0.25) is 9.48 Å². The average Bonchev–Trinajstić information content (AvgIpc) is 3.56. The minimum Gasteiger partial charge on any atom is -0.373 e. The van der Waals surface area contributed by atoms with Crippen LogP contribution in [0, 0.1) is 0 Å². The van der Waals surface area contributed by atoms with Crippen molar-refractivity contribution in [3.63, 3.8) is 0 Å². The summed E-state index contributed by atoms with van der Waals surface area (Å²) in [6, 6.07) is 8.21. The molecule has 0 saturated carbocycles. The van der Waals surface area contributed by atoms with E-state index in [9.17, 15) is 13.6 Å². The summed E-state index contributed by atoms with van der Waals surface area (Å²) in [5.41, 5.74) is 3.35. The van der Waals surface area contributed by atoms with E-state index in [0.717, 1.165) is 16.3 Å². The summed E-state index contributed by atoms with van der Waals surface area (Å²) in [7, 11) is 1.33. The molecule has 6 rings (SSSR count). The fourth-order valence-corrected chi connectivity index (χ4v) is 4.34. The quantitative estimate of drug-likeness (QED) is 0.446. The van der Waals surface area contributed by atoms with Crippen LogP contribution in [-0.2, 0) is 22.7 Å². The SMILES string of the molecule is CN1CC(F)(F)C(c2cc(-c3cccc(-c4ccnc(Nc5cnn6c5COCC6)n4)n3)no2)C1=O. The number of carbonyl (C=O) groups is 1. The molecule has 4 aromatic heterocycles. The second-order valence-corrected chi connectivity index (χ2v) is 8.58. The smallest absolute Gasteiger partial charge is 0.284 e. The molecule has 36 heavy (non-hydrogen) atoms. The maximum Gasteiger partial charge on any atom is 0.284 e. The Hall–Kier alpha value is -4.26. The molecular formula is C23H20F2N8O3. The Morgan fingerprint density at radius 3 is 2.75 bits per heavy atom. The van der Waals surface area contributed by atoms with Crippen LogP contribution in [0.3, 0.4) is 0 Å². The van der Waals surface area contributed by atoms with E-state index in [1.54, 1.807) is 36.7 Å². The van der Waals surface area contributed by atoms with E-state index >= 15 is 0 Å². The minimum atomic E-state index is -3.25. The number of fused-ring (bicyclic) bond motifs is 1. The summed E-state index contributed by atoms with van der Waals surface area (Å²) in [6.45, 7) is 1.08. The number of ether oxygens (including phenoxy) is 1. The van der Waals surface area contributed by atoms with Crippen LogP contribution in [-0.4, -0.2) is 66.8 Å². The maximum absolute atomic E-state index is 14.4. The molecule has 1 amide bonds. The fraction of sp³-hybridized carbons (Fsp3) is 0.304. The largest absolute Gasteiger partial charge is 0.373 e. The lowest BCUT2D eigenvalue weighted by atomic mass is 10.0. The number of nitrogens with one attached hydrogen (secondary N) is 1. The van der Waals surface area contributed by atoms with Crippen LogP contribution in [0.15, 0.2) is 47.2 Å². The van der Waals surface area contributed by atoms with Crippen LogP contribution < -0.4 is 5.32 Å². The number of likely N-dealkylation sites (tertiary alicyclic amines) is 1. The summed E-state index contributed by atoms with van der Waals surface area (Å²) in [5.74, 6) is -5.50. The zero-order valence-electron chi connectivity index (χ0n) is 19.1. The Morgan fingerprint density at radius 2 is 1.94 bits per heavy atom. The Balaban J connectivity index is 1.26. The molecule has 1 atom stereocenters. The van der Waals surface area contributed by atoms with Gasteiger partial charge in [0, 0.05) is 19.3 Å². The number of aromatic nitrogens is 6. The van der Waals surface area contributed by atoms with Crippen LogP contribution in [0.4, 0.5) is 20.4 Å². The summed E-state index contributed by atoms with van der Waals surface area (Å²) >= 11 is 0. The predicted molar refractivity (Wildman–Crippen MR) is 121 cm³/mol. The molecule has 6 heterocycles. The van der Waals surface area contributed by atoms with Crippen molar-refractivity contribution in [3.05, 3.63) is 54.2 Å². The molecule has 1 N–H and O–H groups in total. The van der Waals surface area contributed by atoms with Crippen molar-refractivity contribution in [1.82, 2.24) is 34.8 Å². The van der Waals surface area contributed by atoms with Gasteiger partial charge < -0.3 is 19.5 Å². The molecule has 184 valence electrons. The third-order valence-corrected chi connectivity index (χ3v) is 6.12. The van der Waals surface area contributed by atoms with Gasteiger partial charge >= 0.3 is 0 Å². The number of hydrogen-bond acceptors (Lipinski definition) is 9. The first-order chi connectivity index (χ1) is 17.4. The van der Waals surface area contributed by atoms with Gasteiger partial charge in [-0.1, -0.05) is 11.2 Å². The highest BCUT2D eigenvalue weighted by Gasteiger charge is 2.55. The van der Waals surface area contributed by atoms with Crippen molar-refractivity contribution in [2.24, 2.45) is 0 Å². The second kappa shape index (κ2) is 8.45. The molecule has 4 aromatic rings. The third-order valence-electron chi connectivity index (χ3n) is 6.12. The van der Waals surface area contributed by atoms with Gasteiger partial charge in [0.05, 0.1) is 61.0 Å². The number of likely N-dealkylation sites (N-methyl/N-ethyl adjacent to an activating group) is 1. The van der Waals surface area contributed by atoms with Crippen molar-refractivity contribution in [2.45, 2.75) is 25.0 Å². The zero-order chi connectivity index (χ0) is 24.9. The Labute approximate surface area is 203 Å². The first kappa shape index (κ1) is 22.2. The number of halogens is 2. The highest BCUT2D eigenvalue weighted by Crippen LogP contribution is 2.41. The number of amides is 1. The number of pyridine rings is 1. The van der Waals surface area contributed by atoms with E-state index in [-0.39, 0.29) is 11.5 Å². The van der Waals surface area contributed by atoms with E-state index in [1.165, 1.54) is 13.1 Å². The number of carbonyl (C=O) groups excluding carboxylic acids is 1. The molecule has 11 nitrogen and oxygen atoms in total. The molecule has 0 spiro atoms. The molecule has 2 aliphatic rings. The molecule has 0 aliphatic carbocycles. The number of alkyl halides is 2. The highest BCUT2D eigenvalue weighted by molar-refractivity contribution is 5.87. The molecular weight excluding hydrogens is 474 g/mol. The van der Waals surface area contributed by atoms with Gasteiger partial charge in [-0.15, -0.1) is 0 Å². The first-order valence-corrected chi connectivity index (χ1v) is 11.2. The van der Waals surface area contributed by atoms with Crippen molar-refractivity contribution in [3.8, 4) is 22.8 Å². The van der Waals surface area contributed by atoms with E-state index < -0.39 is 24.3 Å². The van der Waals surface area contributed by atoms with Crippen molar-refractivity contribution < 1.29 is 22.8 Å². The van der Waals surface area contributed by atoms with Gasteiger partial charge in [0.1, 0.15) is 5.69 Å². The van der Waals surface area contributed by atoms with Crippen molar-refractivity contribution >= 4 is 17.5 Å². The van der Waals surface area contributed by atoms with Crippen LogP contribution in [0.1, 0.15) is 17.4 Å². The number of hydrogen-bond donors (Lipinski definition) is 1. The standard InChI is InChI=1S/C23H20F2N8O3/c1-32-12-23(24,25)20(21(32)34)19-9-16(31-36-19)14-4-2-3-13(28-14)15-5-6-26-22(29-15)30-17-10-27-33-7-8-35-11-18(17)33/h2-6,9-10,20H,7-8,11-12H2,1H3,(H,26,29,30). The third kappa shape index (κ3) is 3.86. The summed E-state index contributed by atoms with van der Waals surface area (Å²) in [4.78, 5) is 26.6. The van der Waals surface area contributed by atoms with Gasteiger partial charge in [0.2, 0.25) is 11.9 Å². The molecule has 1 fully saturated rings. The van der Waals surface area contributed by atoms with Crippen molar-refractivity contribution in [1.29, 1.82) is 0 Å². The van der Waals surface area contributed by atoms with Crippen molar-refractivity contribution in [2.75, 3.05) is 25.5 Å². The highest BCUT2D eigenvalue weighted by atomic mass is 19.3. The van der Waals surface area contributed by atoms with Crippen LogP contribution >= 0.6 is 0 Å². The lowest BCUT2D eigenvalue weighted by Gasteiger charge is -2.15. The molecule has 2 aliphatic heterocycles. The molecule has 1 saturated heterocycles. The summed E-state index contributed by atoms with van der Waals surface area (Å²) in [5, 5.41) is 11.4. The van der Waals surface area contributed by atoms with Gasteiger partial charge in [0.25, 0.3) is 5.92 Å². The number of anilines is 2. The van der Waals surface area contributed by atoms with E-state index in [2.05, 4.69) is 30.5 Å². The lowest BCUT2D eigenvalue weighted by molar-refractivity contribution is -0.129. The topological polar surface area (TPSA) is 124 Å². The van der Waals surface area contributed by atoms with Crippen LogP contribution in [0.25, 0.3) is 22.8 Å². The van der Waals surface area contributed by atoms with Gasteiger partial charge in [0.15, 0.2) is 11.7 Å². The fourth-order valence-electron chi connectivity index (χ4n) is 4.34. The molecule has 13 heteroatoms. The zero-order valence-corrected chi connectivity index (χ0v) is 19.1. The number of nitrogens with zero attached hydrogens (tertiary/aromatic N) is 7. The van der Waals surface area contributed by atoms with Gasteiger partial charge in [-0.25, -0.2) is 23.7 Å². The molecule has 0 radical (unpaired) electrons. The van der Waals surface area contributed by atoms with Gasteiger partial charge in [-0.2, -0.15) is 5.10 Å². The summed E-state index contributed by atoms with van der Waals surface area (Å²) < 4.78 is 41.3. The lowest BCUT2D eigenvalue weighted by Crippen LogP contribution is -2.25. The second-order valence-electron chi connectivity index (χ2n) is 8.58. The Bertz CT molecular complexity index is 1450. The summed E-state index contributed by atoms with van der Waals surface area (Å²) in [6.07, 6.45) is 3.31. The predicted octanol–water partition coefficient (Wildman–Crippen LogP) is 2.85. The maximum atomic E-state index is 14.4. The van der Waals surface area contributed by atoms with E-state index in [0.29, 0.717) is 42.8 Å². The van der Waals surface area contributed by atoms with Crippen LogP contribution in [0.2, 0.25) is 0 Å². The first-order valence-electron chi connectivity index (χ1n) is 11.2. The Morgan fingerprint density at radius 1 is 1.14 bits per heavy atom.